The summed E-state index contributed by atoms with van der Waals surface area (Å²) in [6.07, 6.45) is 17.6. The lowest BCUT2D eigenvalue weighted by molar-refractivity contribution is 0.294. The SMILES string of the molecule is CCCCCCC[C@H]1CC[C@H](c2ncc(CCCC)c(F)n2)CC1. The van der Waals surface area contributed by atoms with E-state index in [2.05, 4.69) is 23.8 Å². The second-order valence-corrected chi connectivity index (χ2v) is 7.57. The van der Waals surface area contributed by atoms with Gasteiger partial charge in [-0.1, -0.05) is 58.8 Å². The van der Waals surface area contributed by atoms with Crippen LogP contribution in [0.3, 0.4) is 0 Å². The van der Waals surface area contributed by atoms with Crippen molar-refractivity contribution in [3.05, 3.63) is 23.5 Å². The van der Waals surface area contributed by atoms with Crippen LogP contribution in [0.1, 0.15) is 108 Å². The molecule has 1 aliphatic carbocycles. The minimum atomic E-state index is -0.286. The molecule has 0 atom stereocenters. The maximum atomic E-state index is 14.1. The van der Waals surface area contributed by atoms with E-state index in [1.54, 1.807) is 6.20 Å². The fraction of sp³-hybridized carbons (Fsp3) is 0.810. The zero-order chi connectivity index (χ0) is 17.2. The number of nitrogens with zero attached hydrogens (tertiary/aromatic N) is 2. The molecule has 2 rings (SSSR count). The lowest BCUT2D eigenvalue weighted by Gasteiger charge is -2.27. The van der Waals surface area contributed by atoms with Crippen molar-refractivity contribution in [2.45, 2.75) is 103 Å². The maximum Gasteiger partial charge on any atom is 0.219 e. The molecule has 24 heavy (non-hydrogen) atoms. The minimum absolute atomic E-state index is 0.286. The molecular formula is C21H35FN2. The molecule has 1 saturated carbocycles. The van der Waals surface area contributed by atoms with E-state index in [4.69, 9.17) is 0 Å². The molecule has 0 aromatic carbocycles. The van der Waals surface area contributed by atoms with E-state index >= 15 is 0 Å². The van der Waals surface area contributed by atoms with Crippen LogP contribution in [0.2, 0.25) is 0 Å². The Bertz CT molecular complexity index is 467. The first-order chi connectivity index (χ1) is 11.7. The number of unbranched alkanes of at least 4 members (excludes halogenated alkanes) is 5. The van der Waals surface area contributed by atoms with Crippen LogP contribution in [0.15, 0.2) is 6.20 Å². The average Bonchev–Trinajstić information content (AvgIpc) is 2.61. The van der Waals surface area contributed by atoms with Crippen LogP contribution in [0.25, 0.3) is 0 Å². The third kappa shape index (κ3) is 6.14. The molecule has 1 aliphatic rings. The van der Waals surface area contributed by atoms with Crippen molar-refractivity contribution < 1.29 is 4.39 Å². The van der Waals surface area contributed by atoms with Crippen LogP contribution >= 0.6 is 0 Å². The second kappa shape index (κ2) is 10.8. The molecule has 0 aliphatic heterocycles. The number of aromatic nitrogens is 2. The van der Waals surface area contributed by atoms with Gasteiger partial charge in [0, 0.05) is 17.7 Å². The lowest BCUT2D eigenvalue weighted by atomic mass is 9.79. The van der Waals surface area contributed by atoms with Crippen molar-refractivity contribution in [1.82, 2.24) is 9.97 Å². The molecule has 0 spiro atoms. The molecule has 0 saturated heterocycles. The summed E-state index contributed by atoms with van der Waals surface area (Å²) in [4.78, 5) is 8.68. The van der Waals surface area contributed by atoms with Crippen LogP contribution in [-0.4, -0.2) is 9.97 Å². The number of aryl methyl sites for hydroxylation is 1. The maximum absolute atomic E-state index is 14.1. The molecule has 2 nitrogen and oxygen atoms in total. The van der Waals surface area contributed by atoms with E-state index < -0.39 is 0 Å². The van der Waals surface area contributed by atoms with Crippen molar-refractivity contribution in [2.75, 3.05) is 0 Å². The van der Waals surface area contributed by atoms with Crippen molar-refractivity contribution in [3.8, 4) is 0 Å². The molecule has 136 valence electrons. The van der Waals surface area contributed by atoms with Gasteiger partial charge in [0.05, 0.1) is 0 Å². The molecule has 0 N–H and O–H groups in total. The smallest absolute Gasteiger partial charge is 0.219 e. The predicted octanol–water partition coefficient (Wildman–Crippen LogP) is 6.59. The molecule has 1 aromatic rings. The van der Waals surface area contributed by atoms with E-state index in [1.807, 2.05) is 0 Å². The fourth-order valence-electron chi connectivity index (χ4n) is 3.88. The first kappa shape index (κ1) is 19.3. The van der Waals surface area contributed by atoms with E-state index in [0.717, 1.165) is 43.8 Å². The zero-order valence-corrected chi connectivity index (χ0v) is 15.7. The van der Waals surface area contributed by atoms with Gasteiger partial charge in [-0.25, -0.2) is 9.97 Å². The summed E-state index contributed by atoms with van der Waals surface area (Å²) < 4.78 is 14.1. The number of hydrogen-bond acceptors (Lipinski definition) is 2. The summed E-state index contributed by atoms with van der Waals surface area (Å²) in [5.74, 6) is 1.70. The number of hydrogen-bond donors (Lipinski definition) is 0. The first-order valence-electron chi connectivity index (χ1n) is 10.3. The van der Waals surface area contributed by atoms with E-state index in [1.165, 1.54) is 51.4 Å². The Morgan fingerprint density at radius 2 is 1.67 bits per heavy atom. The molecule has 0 bridgehead atoms. The Morgan fingerprint density at radius 3 is 2.33 bits per heavy atom. The predicted molar refractivity (Wildman–Crippen MR) is 98.7 cm³/mol. The molecule has 3 heteroatoms. The van der Waals surface area contributed by atoms with Crippen molar-refractivity contribution >= 4 is 0 Å². The fourth-order valence-corrected chi connectivity index (χ4v) is 3.88. The highest BCUT2D eigenvalue weighted by molar-refractivity contribution is 5.10. The molecule has 1 heterocycles. The standard InChI is InChI=1S/C21H35FN2/c1-3-5-7-8-9-10-17-12-14-18(15-13-17)21-23-16-19(11-6-4-2)20(22)24-21/h16-18H,3-15H2,1-2H3/t17-,18-. The summed E-state index contributed by atoms with van der Waals surface area (Å²) in [6, 6.07) is 0. The van der Waals surface area contributed by atoms with Crippen LogP contribution in [0, 0.1) is 11.9 Å². The Hall–Kier alpha value is -0.990. The summed E-state index contributed by atoms with van der Waals surface area (Å²) in [5, 5.41) is 0. The van der Waals surface area contributed by atoms with Crippen molar-refractivity contribution in [3.63, 3.8) is 0 Å². The molecule has 0 radical (unpaired) electrons. The Balaban J connectivity index is 1.74. The molecule has 1 aromatic heterocycles. The van der Waals surface area contributed by atoms with Crippen LogP contribution in [0.4, 0.5) is 4.39 Å². The van der Waals surface area contributed by atoms with Gasteiger partial charge in [0.25, 0.3) is 0 Å². The monoisotopic (exact) mass is 334 g/mol. The van der Waals surface area contributed by atoms with Crippen LogP contribution in [-0.2, 0) is 6.42 Å². The average molecular weight is 335 g/mol. The van der Waals surface area contributed by atoms with E-state index in [-0.39, 0.29) is 5.95 Å². The van der Waals surface area contributed by atoms with Crippen molar-refractivity contribution in [1.29, 1.82) is 0 Å². The highest BCUT2D eigenvalue weighted by Crippen LogP contribution is 2.36. The van der Waals surface area contributed by atoms with Gasteiger partial charge < -0.3 is 0 Å². The Labute approximate surface area is 147 Å². The second-order valence-electron chi connectivity index (χ2n) is 7.57. The van der Waals surface area contributed by atoms with Gasteiger partial charge in [-0.3, -0.25) is 0 Å². The molecule has 0 amide bonds. The van der Waals surface area contributed by atoms with Gasteiger partial charge in [-0.05, 0) is 44.4 Å². The van der Waals surface area contributed by atoms with E-state index in [0.29, 0.717) is 11.5 Å². The topological polar surface area (TPSA) is 25.8 Å². The van der Waals surface area contributed by atoms with Gasteiger partial charge in [0.1, 0.15) is 5.82 Å². The molecule has 0 unspecified atom stereocenters. The number of halogens is 1. The van der Waals surface area contributed by atoms with Crippen LogP contribution in [0.5, 0.6) is 0 Å². The summed E-state index contributed by atoms with van der Waals surface area (Å²) in [7, 11) is 0. The number of rotatable bonds is 10. The normalized spacial score (nSPS) is 21.1. The highest BCUT2D eigenvalue weighted by atomic mass is 19.1. The van der Waals surface area contributed by atoms with Gasteiger partial charge in [-0.15, -0.1) is 0 Å². The highest BCUT2D eigenvalue weighted by Gasteiger charge is 2.24. The minimum Gasteiger partial charge on any atom is -0.241 e. The largest absolute Gasteiger partial charge is 0.241 e. The van der Waals surface area contributed by atoms with Gasteiger partial charge >= 0.3 is 0 Å². The van der Waals surface area contributed by atoms with Crippen molar-refractivity contribution in [2.24, 2.45) is 5.92 Å². The van der Waals surface area contributed by atoms with Gasteiger partial charge in [0.2, 0.25) is 5.95 Å². The lowest BCUT2D eigenvalue weighted by Crippen LogP contribution is -2.16. The third-order valence-electron chi connectivity index (χ3n) is 5.56. The summed E-state index contributed by atoms with van der Waals surface area (Å²) in [6.45, 7) is 4.39. The Kier molecular flexibility index (Phi) is 8.69. The molecular weight excluding hydrogens is 299 g/mol. The van der Waals surface area contributed by atoms with E-state index in [9.17, 15) is 4.39 Å². The summed E-state index contributed by atoms with van der Waals surface area (Å²) in [5.41, 5.74) is 0.682. The third-order valence-corrected chi connectivity index (χ3v) is 5.56. The quantitative estimate of drug-likeness (QED) is 0.356. The summed E-state index contributed by atoms with van der Waals surface area (Å²) >= 11 is 0. The zero-order valence-electron chi connectivity index (χ0n) is 15.7. The van der Waals surface area contributed by atoms with Crippen LogP contribution < -0.4 is 0 Å². The van der Waals surface area contributed by atoms with Gasteiger partial charge in [-0.2, -0.15) is 4.39 Å². The Morgan fingerprint density at radius 1 is 0.958 bits per heavy atom. The first-order valence-corrected chi connectivity index (χ1v) is 10.3. The molecule has 1 fully saturated rings. The van der Waals surface area contributed by atoms with Gasteiger partial charge in [0.15, 0.2) is 0 Å².